The van der Waals surface area contributed by atoms with Crippen molar-refractivity contribution in [3.05, 3.63) is 29.8 Å². The number of benzene rings is 1. The van der Waals surface area contributed by atoms with Crippen LogP contribution in [0.25, 0.3) is 0 Å². The smallest absolute Gasteiger partial charge is 0.0658 e. The predicted octanol–water partition coefficient (Wildman–Crippen LogP) is 2.94. The van der Waals surface area contributed by atoms with Crippen LogP contribution < -0.4 is 5.54 Å². The summed E-state index contributed by atoms with van der Waals surface area (Å²) < 4.78 is 11.9. The van der Waals surface area contributed by atoms with E-state index in [-0.39, 0.29) is 0 Å². The molecule has 1 aromatic rings. The highest BCUT2D eigenvalue weighted by atomic mass is 19.2. The third-order valence-electron chi connectivity index (χ3n) is 1.57. The Balaban J connectivity index is 2.74. The van der Waals surface area contributed by atoms with Crippen LogP contribution in [0.15, 0.2) is 24.3 Å². The summed E-state index contributed by atoms with van der Waals surface area (Å²) in [7, 11) is 0. The van der Waals surface area contributed by atoms with Gasteiger partial charge in [0.15, 0.2) is 0 Å². The third-order valence-corrected chi connectivity index (χ3v) is 1.57. The molecule has 0 heterocycles. The Hall–Kier alpha value is -1.05. The van der Waals surface area contributed by atoms with Crippen molar-refractivity contribution in [2.75, 3.05) is 5.54 Å². The van der Waals surface area contributed by atoms with E-state index in [1.54, 1.807) is 11.6 Å². The van der Waals surface area contributed by atoms with Crippen LogP contribution in [-0.2, 0) is 6.42 Å². The highest BCUT2D eigenvalue weighted by molar-refractivity contribution is 5.43. The fraction of sp³-hybridized carbons (Fsp3) is 0.333. The maximum absolute atomic E-state index is 11.9. The van der Waals surface area contributed by atoms with Gasteiger partial charge in [0.1, 0.15) is 0 Å². The van der Waals surface area contributed by atoms with Gasteiger partial charge in [-0.15, -0.1) is 4.48 Å². The molecule has 1 nitrogen and oxygen atoms in total. The number of hydrogen-bond acceptors (Lipinski definition) is 1. The number of halogens is 1. The van der Waals surface area contributed by atoms with Gasteiger partial charge in [0.25, 0.3) is 0 Å². The Morgan fingerprint density at radius 2 is 2.27 bits per heavy atom. The first kappa shape index (κ1) is 8.05. The van der Waals surface area contributed by atoms with Crippen LogP contribution in [0.3, 0.4) is 0 Å². The van der Waals surface area contributed by atoms with Crippen LogP contribution in [0.1, 0.15) is 18.9 Å². The number of hydrogen-bond donors (Lipinski definition) is 1. The predicted molar refractivity (Wildman–Crippen MR) is 45.2 cm³/mol. The second-order valence-corrected chi connectivity index (χ2v) is 2.54. The molecular formula is C9H12FN. The number of aryl methyl sites for hydroxylation is 1. The SMILES string of the molecule is CCCc1cccc(NF)c1. The zero-order valence-electron chi connectivity index (χ0n) is 6.60. The van der Waals surface area contributed by atoms with Crippen molar-refractivity contribution in [2.24, 2.45) is 0 Å². The minimum atomic E-state index is 0.538. The van der Waals surface area contributed by atoms with Gasteiger partial charge in [-0.25, -0.2) is 5.54 Å². The molecular weight excluding hydrogens is 141 g/mol. The summed E-state index contributed by atoms with van der Waals surface area (Å²) >= 11 is 0. The summed E-state index contributed by atoms with van der Waals surface area (Å²) in [5.41, 5.74) is 3.34. The van der Waals surface area contributed by atoms with Gasteiger partial charge in [-0.1, -0.05) is 25.5 Å². The second-order valence-electron chi connectivity index (χ2n) is 2.54. The van der Waals surface area contributed by atoms with E-state index in [1.807, 2.05) is 18.2 Å². The minimum absolute atomic E-state index is 0.538. The quantitative estimate of drug-likeness (QED) is 0.658. The molecule has 0 fully saturated rings. The van der Waals surface area contributed by atoms with Crippen molar-refractivity contribution in [3.8, 4) is 0 Å². The van der Waals surface area contributed by atoms with E-state index in [2.05, 4.69) is 6.92 Å². The van der Waals surface area contributed by atoms with Gasteiger partial charge >= 0.3 is 0 Å². The molecule has 0 atom stereocenters. The van der Waals surface area contributed by atoms with Crippen molar-refractivity contribution in [3.63, 3.8) is 0 Å². The molecule has 0 bridgehead atoms. The average Bonchev–Trinajstić information content (AvgIpc) is 2.06. The van der Waals surface area contributed by atoms with Crippen molar-refractivity contribution in [2.45, 2.75) is 19.8 Å². The molecule has 0 aliphatic rings. The van der Waals surface area contributed by atoms with E-state index in [9.17, 15) is 4.48 Å². The first-order chi connectivity index (χ1) is 5.36. The van der Waals surface area contributed by atoms with E-state index >= 15 is 0 Å². The van der Waals surface area contributed by atoms with E-state index in [1.165, 1.54) is 5.56 Å². The van der Waals surface area contributed by atoms with Crippen LogP contribution >= 0.6 is 0 Å². The van der Waals surface area contributed by atoms with Crippen LogP contribution in [0.5, 0.6) is 0 Å². The van der Waals surface area contributed by atoms with E-state index in [0.29, 0.717) is 5.69 Å². The fourth-order valence-corrected chi connectivity index (χ4v) is 1.07. The fourth-order valence-electron chi connectivity index (χ4n) is 1.07. The van der Waals surface area contributed by atoms with Gasteiger partial charge in [0.2, 0.25) is 0 Å². The van der Waals surface area contributed by atoms with E-state index < -0.39 is 0 Å². The van der Waals surface area contributed by atoms with Crippen LogP contribution in [-0.4, -0.2) is 0 Å². The molecule has 1 aromatic carbocycles. The number of anilines is 1. The lowest BCUT2D eigenvalue weighted by Gasteiger charge is -2.00. The first-order valence-corrected chi connectivity index (χ1v) is 3.82. The van der Waals surface area contributed by atoms with E-state index in [0.717, 1.165) is 12.8 Å². The van der Waals surface area contributed by atoms with Crippen molar-refractivity contribution in [1.29, 1.82) is 0 Å². The Kier molecular flexibility index (Phi) is 2.90. The molecule has 1 N–H and O–H groups in total. The lowest BCUT2D eigenvalue weighted by Crippen LogP contribution is -1.85. The van der Waals surface area contributed by atoms with Crippen molar-refractivity contribution < 1.29 is 4.48 Å². The van der Waals surface area contributed by atoms with Crippen LogP contribution in [0.2, 0.25) is 0 Å². The topological polar surface area (TPSA) is 12.0 Å². The molecule has 0 aliphatic carbocycles. The zero-order valence-corrected chi connectivity index (χ0v) is 6.60. The molecule has 0 unspecified atom stereocenters. The highest BCUT2D eigenvalue weighted by Crippen LogP contribution is 2.11. The van der Waals surface area contributed by atoms with Gasteiger partial charge < -0.3 is 0 Å². The van der Waals surface area contributed by atoms with Crippen molar-refractivity contribution >= 4 is 5.69 Å². The average molecular weight is 153 g/mol. The minimum Gasteiger partial charge on any atom is -0.225 e. The maximum atomic E-state index is 11.9. The molecule has 1 rings (SSSR count). The molecule has 0 amide bonds. The zero-order chi connectivity index (χ0) is 8.10. The number of rotatable bonds is 3. The monoisotopic (exact) mass is 153 g/mol. The Morgan fingerprint density at radius 1 is 1.45 bits per heavy atom. The van der Waals surface area contributed by atoms with Gasteiger partial charge in [-0.05, 0) is 24.1 Å². The van der Waals surface area contributed by atoms with Gasteiger partial charge in [0, 0.05) is 0 Å². The molecule has 2 heteroatoms. The molecule has 11 heavy (non-hydrogen) atoms. The summed E-state index contributed by atoms with van der Waals surface area (Å²) in [6.07, 6.45) is 2.10. The largest absolute Gasteiger partial charge is 0.225 e. The van der Waals surface area contributed by atoms with Crippen LogP contribution in [0, 0.1) is 0 Å². The Bertz CT molecular complexity index is 223. The van der Waals surface area contributed by atoms with E-state index in [4.69, 9.17) is 0 Å². The Morgan fingerprint density at radius 3 is 2.91 bits per heavy atom. The van der Waals surface area contributed by atoms with Gasteiger partial charge in [-0.2, -0.15) is 0 Å². The normalized spacial score (nSPS) is 9.64. The lowest BCUT2D eigenvalue weighted by molar-refractivity contribution is 0.617. The molecule has 0 saturated heterocycles. The molecule has 0 saturated carbocycles. The first-order valence-electron chi connectivity index (χ1n) is 3.82. The summed E-state index contributed by atoms with van der Waals surface area (Å²) in [6.45, 7) is 2.11. The summed E-state index contributed by atoms with van der Waals surface area (Å²) in [5.74, 6) is 0. The third kappa shape index (κ3) is 2.22. The maximum Gasteiger partial charge on any atom is 0.0658 e. The summed E-state index contributed by atoms with van der Waals surface area (Å²) in [5, 5.41) is 0. The molecule has 60 valence electrons. The lowest BCUT2D eigenvalue weighted by atomic mass is 10.1. The molecule has 0 radical (unpaired) electrons. The molecule has 0 spiro atoms. The van der Waals surface area contributed by atoms with Crippen LogP contribution in [0.4, 0.5) is 10.2 Å². The highest BCUT2D eigenvalue weighted by Gasteiger charge is 1.92. The summed E-state index contributed by atoms with van der Waals surface area (Å²) in [4.78, 5) is 0. The second kappa shape index (κ2) is 3.96. The molecule has 0 aromatic heterocycles. The Labute approximate surface area is 66.2 Å². The van der Waals surface area contributed by atoms with Crippen molar-refractivity contribution in [1.82, 2.24) is 0 Å². The summed E-state index contributed by atoms with van der Waals surface area (Å²) in [6, 6.07) is 7.39. The number of nitrogens with one attached hydrogen (secondary N) is 1. The molecule has 0 aliphatic heterocycles. The van der Waals surface area contributed by atoms with Gasteiger partial charge in [-0.3, -0.25) is 0 Å². The van der Waals surface area contributed by atoms with Gasteiger partial charge in [0.05, 0.1) is 5.69 Å². The standard InChI is InChI=1S/C9H12FN/c1-2-4-8-5-3-6-9(7-8)11-10/h3,5-7,11H,2,4H2,1H3.